The van der Waals surface area contributed by atoms with Crippen LogP contribution in [0.5, 0.6) is 5.88 Å². The molecule has 1 aliphatic heterocycles. The summed E-state index contributed by atoms with van der Waals surface area (Å²) in [5.41, 5.74) is 11.7. The van der Waals surface area contributed by atoms with Gasteiger partial charge < -0.3 is 15.4 Å². The van der Waals surface area contributed by atoms with Gasteiger partial charge in [-0.1, -0.05) is 18.2 Å². The summed E-state index contributed by atoms with van der Waals surface area (Å²) >= 11 is 0. The summed E-state index contributed by atoms with van der Waals surface area (Å²) < 4.78 is 1.34. The number of carbonyl (C=O) groups excluding carboxylic acids is 2. The van der Waals surface area contributed by atoms with Gasteiger partial charge in [0.2, 0.25) is 11.8 Å². The first kappa shape index (κ1) is 16.1. The Hall–Kier alpha value is -2.78. The third kappa shape index (κ3) is 2.99. The first-order valence-electron chi connectivity index (χ1n) is 7.52. The summed E-state index contributed by atoms with van der Waals surface area (Å²) in [7, 11) is 0. The van der Waals surface area contributed by atoms with E-state index in [1.807, 2.05) is 6.92 Å². The molecule has 0 spiro atoms. The average Bonchev–Trinajstić information content (AvgIpc) is 3.09. The lowest BCUT2D eigenvalue weighted by Crippen LogP contribution is -2.36. The van der Waals surface area contributed by atoms with Crippen LogP contribution in [0.2, 0.25) is 0 Å². The Morgan fingerprint density at radius 2 is 2.12 bits per heavy atom. The van der Waals surface area contributed by atoms with Crippen LogP contribution in [0.3, 0.4) is 0 Å². The van der Waals surface area contributed by atoms with Gasteiger partial charge in [0.25, 0.3) is 5.91 Å². The van der Waals surface area contributed by atoms with Crippen molar-refractivity contribution in [3.05, 3.63) is 24.3 Å². The molecule has 1 aliphatic rings. The number of para-hydroxylation sites is 1. The fourth-order valence-electron chi connectivity index (χ4n) is 2.73. The zero-order valence-electron chi connectivity index (χ0n) is 13.1. The second kappa shape index (κ2) is 6.38. The molecule has 1 aromatic carbocycles. The summed E-state index contributed by atoms with van der Waals surface area (Å²) in [6.45, 7) is 1.75. The minimum absolute atomic E-state index is 0.138. The van der Waals surface area contributed by atoms with E-state index in [0.717, 1.165) is 0 Å². The normalized spacial score (nSPS) is 20.9. The highest BCUT2D eigenvalue weighted by Crippen LogP contribution is 2.38. The van der Waals surface area contributed by atoms with Crippen molar-refractivity contribution in [2.75, 3.05) is 0 Å². The zero-order chi connectivity index (χ0) is 17.3. The number of azo groups is 1. The van der Waals surface area contributed by atoms with Crippen LogP contribution in [0.15, 0.2) is 34.5 Å². The lowest BCUT2D eigenvalue weighted by molar-refractivity contribution is -0.120. The predicted octanol–water partition coefficient (Wildman–Crippen LogP) is 0.698. The van der Waals surface area contributed by atoms with Gasteiger partial charge in [-0.25, -0.2) is 5.43 Å². The summed E-state index contributed by atoms with van der Waals surface area (Å²) in [5.74, 6) is -1.28. The van der Waals surface area contributed by atoms with Crippen LogP contribution in [0.25, 0.3) is 10.9 Å². The van der Waals surface area contributed by atoms with Crippen molar-refractivity contribution < 1.29 is 14.7 Å². The van der Waals surface area contributed by atoms with Crippen LogP contribution in [0.4, 0.5) is 5.69 Å². The molecule has 0 radical (unpaired) electrons. The van der Waals surface area contributed by atoms with E-state index in [1.165, 1.54) is 4.57 Å². The number of rotatable bonds is 4. The molecule has 9 nitrogen and oxygen atoms in total. The molecule has 0 aliphatic carbocycles. The Balaban J connectivity index is 1.94. The van der Waals surface area contributed by atoms with E-state index in [9.17, 15) is 14.7 Å². The number of hydrogen-bond donors (Lipinski definition) is 4. The highest BCUT2D eigenvalue weighted by Gasteiger charge is 2.27. The highest BCUT2D eigenvalue weighted by atomic mass is 16.3. The Morgan fingerprint density at radius 3 is 2.79 bits per heavy atom. The lowest BCUT2D eigenvalue weighted by atomic mass is 10.1. The van der Waals surface area contributed by atoms with Crippen molar-refractivity contribution in [3.63, 3.8) is 0 Å². The van der Waals surface area contributed by atoms with E-state index in [2.05, 4.69) is 21.1 Å². The fourth-order valence-corrected chi connectivity index (χ4v) is 2.73. The smallest absolute Gasteiger partial charge is 0.282 e. The van der Waals surface area contributed by atoms with Crippen molar-refractivity contribution in [1.29, 1.82) is 0 Å². The van der Waals surface area contributed by atoms with Crippen LogP contribution in [0.1, 0.15) is 13.3 Å². The molecule has 3 rings (SSSR count). The highest BCUT2D eigenvalue weighted by molar-refractivity contribution is 5.96. The molecule has 2 unspecified atom stereocenters. The van der Waals surface area contributed by atoms with Gasteiger partial charge in [0, 0.05) is 11.4 Å². The third-order valence-electron chi connectivity index (χ3n) is 3.87. The van der Waals surface area contributed by atoms with Crippen LogP contribution in [-0.4, -0.2) is 33.6 Å². The largest absolute Gasteiger partial charge is 0.493 e. The second-order valence-electron chi connectivity index (χ2n) is 5.76. The monoisotopic (exact) mass is 330 g/mol. The van der Waals surface area contributed by atoms with E-state index in [1.54, 1.807) is 24.3 Å². The first-order valence-corrected chi connectivity index (χ1v) is 7.52. The van der Waals surface area contributed by atoms with E-state index in [4.69, 9.17) is 5.73 Å². The maximum atomic E-state index is 12.1. The summed E-state index contributed by atoms with van der Waals surface area (Å²) in [5, 5.41) is 18.6. The number of aromatic nitrogens is 1. The first-order chi connectivity index (χ1) is 11.5. The van der Waals surface area contributed by atoms with E-state index < -0.39 is 17.9 Å². The van der Waals surface area contributed by atoms with Crippen LogP contribution < -0.4 is 16.6 Å². The molecule has 0 saturated carbocycles. The number of hydrogen-bond acceptors (Lipinski definition) is 6. The minimum atomic E-state index is -0.596. The second-order valence-corrected chi connectivity index (χ2v) is 5.76. The summed E-state index contributed by atoms with van der Waals surface area (Å²) in [4.78, 5) is 23.3. The van der Waals surface area contributed by atoms with E-state index in [0.29, 0.717) is 17.3 Å². The predicted molar refractivity (Wildman–Crippen MR) is 86.5 cm³/mol. The molecule has 24 heavy (non-hydrogen) atoms. The Labute approximate surface area is 137 Å². The van der Waals surface area contributed by atoms with E-state index >= 15 is 0 Å². The number of aromatic hydroxyl groups is 1. The standard InChI is InChI=1S/C15H18N6O3/c1-8-6-10(18-17-8)14(23)20-19-13-9-4-2-3-5-11(9)21(15(13)24)7-12(16)22/h2-5,8,10,17-18,24H,6-7H2,1H3,(H2,16,22). The van der Waals surface area contributed by atoms with Gasteiger partial charge in [0.15, 0.2) is 5.69 Å². The fraction of sp³-hybridized carbons (Fsp3) is 0.333. The number of nitrogens with two attached hydrogens (primary N) is 1. The molecule has 1 saturated heterocycles. The Kier molecular flexibility index (Phi) is 4.28. The molecule has 2 heterocycles. The molecule has 1 aromatic heterocycles. The maximum Gasteiger partial charge on any atom is 0.282 e. The molecular weight excluding hydrogens is 312 g/mol. The number of carbonyl (C=O) groups is 2. The van der Waals surface area contributed by atoms with Gasteiger partial charge >= 0.3 is 0 Å². The Bertz CT molecular complexity index is 828. The SMILES string of the molecule is CC1CC(C(=O)N=Nc2c(O)n(CC(N)=O)c3ccccc23)NN1. The number of hydrazine groups is 1. The van der Waals surface area contributed by atoms with Gasteiger partial charge in [-0.2, -0.15) is 0 Å². The van der Waals surface area contributed by atoms with Crippen LogP contribution in [-0.2, 0) is 16.1 Å². The quantitative estimate of drug-likeness (QED) is 0.612. The summed E-state index contributed by atoms with van der Waals surface area (Å²) in [6, 6.07) is 6.69. The molecule has 1 fully saturated rings. The molecular formula is C15H18N6O3. The maximum absolute atomic E-state index is 12.1. The van der Waals surface area contributed by atoms with Crippen molar-refractivity contribution in [1.82, 2.24) is 15.4 Å². The number of nitrogens with one attached hydrogen (secondary N) is 2. The molecule has 9 heteroatoms. The zero-order valence-corrected chi connectivity index (χ0v) is 13.1. The molecule has 126 valence electrons. The van der Waals surface area contributed by atoms with Gasteiger partial charge in [0.1, 0.15) is 12.6 Å². The molecule has 2 amide bonds. The molecule has 0 bridgehead atoms. The third-order valence-corrected chi connectivity index (χ3v) is 3.87. The number of amides is 2. The van der Waals surface area contributed by atoms with Gasteiger partial charge in [-0.05, 0) is 19.4 Å². The Morgan fingerprint density at radius 1 is 1.38 bits per heavy atom. The van der Waals surface area contributed by atoms with Gasteiger partial charge in [-0.15, -0.1) is 10.2 Å². The van der Waals surface area contributed by atoms with Crippen molar-refractivity contribution in [3.8, 4) is 5.88 Å². The number of primary amides is 1. The minimum Gasteiger partial charge on any atom is -0.493 e. The lowest BCUT2D eigenvalue weighted by Gasteiger charge is -2.03. The van der Waals surface area contributed by atoms with Crippen LogP contribution >= 0.6 is 0 Å². The average molecular weight is 330 g/mol. The molecule has 2 atom stereocenters. The number of fused-ring (bicyclic) bond motifs is 1. The van der Waals surface area contributed by atoms with Gasteiger partial charge in [0.05, 0.1) is 5.52 Å². The summed E-state index contributed by atoms with van der Waals surface area (Å²) in [6.07, 6.45) is 0.604. The van der Waals surface area contributed by atoms with Crippen molar-refractivity contribution in [2.45, 2.75) is 32.0 Å². The molecule has 2 aromatic rings. The van der Waals surface area contributed by atoms with Crippen molar-refractivity contribution in [2.24, 2.45) is 16.0 Å². The van der Waals surface area contributed by atoms with E-state index in [-0.39, 0.29) is 24.2 Å². The number of benzene rings is 1. The topological polar surface area (TPSA) is 134 Å². The number of nitrogens with zero attached hydrogens (tertiary/aromatic N) is 3. The van der Waals surface area contributed by atoms with Crippen LogP contribution in [0, 0.1) is 0 Å². The van der Waals surface area contributed by atoms with Gasteiger partial charge in [-0.3, -0.25) is 15.0 Å². The van der Waals surface area contributed by atoms with Crippen molar-refractivity contribution >= 4 is 28.4 Å². The molecule has 5 N–H and O–H groups in total.